The summed E-state index contributed by atoms with van der Waals surface area (Å²) >= 11 is 3.73. The summed E-state index contributed by atoms with van der Waals surface area (Å²) in [5.41, 5.74) is 1.36. The van der Waals surface area contributed by atoms with Gasteiger partial charge in [-0.25, -0.2) is 0 Å². The quantitative estimate of drug-likeness (QED) is 0.436. The number of carbonyl (C=O) groups is 1. The van der Waals surface area contributed by atoms with Crippen LogP contribution < -0.4 is 10.1 Å². The predicted molar refractivity (Wildman–Crippen MR) is 138 cm³/mol. The van der Waals surface area contributed by atoms with Gasteiger partial charge in [-0.3, -0.25) is 4.79 Å². The Morgan fingerprint density at radius 3 is 2.48 bits per heavy atom. The van der Waals surface area contributed by atoms with Crippen molar-refractivity contribution in [2.75, 3.05) is 19.6 Å². The van der Waals surface area contributed by atoms with E-state index in [4.69, 9.17) is 4.74 Å². The van der Waals surface area contributed by atoms with E-state index in [1.165, 1.54) is 61.8 Å². The molecule has 1 amide bonds. The van der Waals surface area contributed by atoms with Gasteiger partial charge in [-0.1, -0.05) is 22.9 Å². The molecule has 0 spiro atoms. The fraction of sp³-hybridized carbons (Fsp3) is 0.741. The molecule has 1 aromatic rings. The van der Waals surface area contributed by atoms with E-state index in [1.54, 1.807) is 0 Å². The lowest BCUT2D eigenvalue weighted by Crippen LogP contribution is -2.43. The van der Waals surface area contributed by atoms with Crippen molar-refractivity contribution in [3.05, 3.63) is 28.2 Å². The molecule has 2 aliphatic rings. The molecule has 6 heteroatoms. The molecule has 1 atom stereocenters. The molecule has 1 aliphatic heterocycles. The van der Waals surface area contributed by atoms with E-state index in [9.17, 15) is 9.90 Å². The van der Waals surface area contributed by atoms with Crippen LogP contribution >= 0.6 is 15.9 Å². The summed E-state index contributed by atoms with van der Waals surface area (Å²) in [4.78, 5) is 14.5. The molecule has 2 N–H and O–H groups in total. The SMILES string of the molecule is CCC(O)C(=O)NC1CCC(CCN2CCC(Cc3cc(OC(C)C)ccc3Br)CC2)CC1. The second-order valence-corrected chi connectivity index (χ2v) is 11.2. The summed E-state index contributed by atoms with van der Waals surface area (Å²) in [5.74, 6) is 2.28. The molecule has 3 rings (SSSR count). The lowest BCUT2D eigenvalue weighted by Gasteiger charge is -2.34. The molecule has 5 nitrogen and oxygen atoms in total. The number of halogens is 1. The van der Waals surface area contributed by atoms with Crippen LogP contribution in [0.4, 0.5) is 0 Å². The zero-order valence-corrected chi connectivity index (χ0v) is 22.3. The van der Waals surface area contributed by atoms with Crippen LogP contribution in [0.5, 0.6) is 5.75 Å². The number of nitrogens with one attached hydrogen (secondary N) is 1. The molecule has 1 aromatic carbocycles. The fourth-order valence-corrected chi connectivity index (χ4v) is 5.63. The van der Waals surface area contributed by atoms with E-state index < -0.39 is 6.10 Å². The third-order valence-corrected chi connectivity index (χ3v) is 8.11. The van der Waals surface area contributed by atoms with E-state index >= 15 is 0 Å². The third kappa shape index (κ3) is 8.56. The van der Waals surface area contributed by atoms with E-state index in [2.05, 4.69) is 52.1 Å². The summed E-state index contributed by atoms with van der Waals surface area (Å²) in [6.45, 7) is 9.57. The predicted octanol–water partition coefficient (Wildman–Crippen LogP) is 5.33. The van der Waals surface area contributed by atoms with Crippen LogP contribution in [-0.4, -0.2) is 53.8 Å². The molecular formula is C27H43BrN2O3. The molecule has 0 aromatic heterocycles. The minimum atomic E-state index is -0.857. The van der Waals surface area contributed by atoms with Crippen LogP contribution in [0.3, 0.4) is 0 Å². The number of benzene rings is 1. The molecule has 2 fully saturated rings. The molecule has 1 aliphatic carbocycles. The maximum atomic E-state index is 11.9. The van der Waals surface area contributed by atoms with Crippen molar-refractivity contribution in [3.63, 3.8) is 0 Å². The molecule has 0 bridgehead atoms. The Morgan fingerprint density at radius 1 is 1.15 bits per heavy atom. The Labute approximate surface area is 208 Å². The van der Waals surface area contributed by atoms with Gasteiger partial charge in [-0.05, 0) is 127 Å². The zero-order valence-electron chi connectivity index (χ0n) is 20.7. The van der Waals surface area contributed by atoms with Gasteiger partial charge in [0.1, 0.15) is 11.9 Å². The van der Waals surface area contributed by atoms with Gasteiger partial charge >= 0.3 is 0 Å². The molecule has 33 heavy (non-hydrogen) atoms. The van der Waals surface area contributed by atoms with Crippen molar-refractivity contribution >= 4 is 21.8 Å². The summed E-state index contributed by atoms with van der Waals surface area (Å²) in [7, 11) is 0. The van der Waals surface area contributed by atoms with Gasteiger partial charge in [0, 0.05) is 10.5 Å². The first-order valence-corrected chi connectivity index (χ1v) is 13.8. The van der Waals surface area contributed by atoms with Crippen LogP contribution in [0, 0.1) is 11.8 Å². The third-order valence-electron chi connectivity index (χ3n) is 7.34. The van der Waals surface area contributed by atoms with Crippen LogP contribution in [0.15, 0.2) is 22.7 Å². The van der Waals surface area contributed by atoms with Gasteiger partial charge in [0.15, 0.2) is 0 Å². The first-order valence-electron chi connectivity index (χ1n) is 13.0. The molecule has 1 saturated carbocycles. The van der Waals surface area contributed by atoms with Gasteiger partial charge in [0.05, 0.1) is 6.10 Å². The first-order chi connectivity index (χ1) is 15.8. The Balaban J connectivity index is 1.34. The number of carbonyl (C=O) groups excluding carboxylic acids is 1. The highest BCUT2D eigenvalue weighted by atomic mass is 79.9. The second-order valence-electron chi connectivity index (χ2n) is 10.3. The highest BCUT2D eigenvalue weighted by Gasteiger charge is 2.26. The number of aliphatic hydroxyl groups is 1. The number of hydrogen-bond donors (Lipinski definition) is 2. The van der Waals surface area contributed by atoms with Crippen molar-refractivity contribution in [3.8, 4) is 5.75 Å². The normalized spacial score (nSPS) is 23.5. The van der Waals surface area contributed by atoms with Gasteiger partial charge in [-0.15, -0.1) is 0 Å². The van der Waals surface area contributed by atoms with Crippen LogP contribution in [0.2, 0.25) is 0 Å². The van der Waals surface area contributed by atoms with Crippen molar-refractivity contribution in [2.45, 2.75) is 96.8 Å². The molecule has 1 heterocycles. The Hall–Kier alpha value is -1.11. The van der Waals surface area contributed by atoms with E-state index in [0.717, 1.165) is 36.8 Å². The van der Waals surface area contributed by atoms with Gasteiger partial charge in [0.25, 0.3) is 0 Å². The zero-order chi connectivity index (χ0) is 23.8. The maximum absolute atomic E-state index is 11.9. The Kier molecular flexibility index (Phi) is 10.5. The molecular weight excluding hydrogens is 480 g/mol. The van der Waals surface area contributed by atoms with Gasteiger partial charge in [0.2, 0.25) is 5.91 Å². The Bertz CT molecular complexity index is 741. The monoisotopic (exact) mass is 522 g/mol. The van der Waals surface area contributed by atoms with Crippen molar-refractivity contribution in [2.24, 2.45) is 11.8 Å². The van der Waals surface area contributed by atoms with E-state index in [1.807, 2.05) is 13.0 Å². The molecule has 1 saturated heterocycles. The van der Waals surface area contributed by atoms with E-state index in [0.29, 0.717) is 6.42 Å². The molecule has 0 radical (unpaired) electrons. The number of piperidine rings is 1. The van der Waals surface area contributed by atoms with Crippen molar-refractivity contribution < 1.29 is 14.6 Å². The number of hydrogen-bond acceptors (Lipinski definition) is 4. The second kappa shape index (κ2) is 13.1. The highest BCUT2D eigenvalue weighted by molar-refractivity contribution is 9.10. The Morgan fingerprint density at radius 2 is 1.85 bits per heavy atom. The number of amides is 1. The van der Waals surface area contributed by atoms with Gasteiger partial charge in [-0.2, -0.15) is 0 Å². The highest BCUT2D eigenvalue weighted by Crippen LogP contribution is 2.31. The first kappa shape index (κ1) is 26.5. The number of rotatable bonds is 10. The minimum absolute atomic E-state index is 0.199. The largest absolute Gasteiger partial charge is 0.491 e. The molecule has 1 unspecified atom stereocenters. The minimum Gasteiger partial charge on any atom is -0.491 e. The summed E-state index contributed by atoms with van der Waals surface area (Å²) < 4.78 is 7.08. The lowest BCUT2D eigenvalue weighted by atomic mass is 9.83. The topological polar surface area (TPSA) is 61.8 Å². The molecule has 186 valence electrons. The maximum Gasteiger partial charge on any atom is 0.249 e. The van der Waals surface area contributed by atoms with Crippen molar-refractivity contribution in [1.29, 1.82) is 0 Å². The van der Waals surface area contributed by atoms with Crippen LogP contribution in [-0.2, 0) is 11.2 Å². The number of likely N-dealkylation sites (tertiary alicyclic amines) is 1. The van der Waals surface area contributed by atoms with Gasteiger partial charge < -0.3 is 20.1 Å². The fourth-order valence-electron chi connectivity index (χ4n) is 5.22. The standard InChI is InChI=1S/C27H43BrN2O3/c1-4-26(31)27(32)29-23-7-5-20(6-8-23)11-14-30-15-12-21(13-16-30)17-22-18-24(33-19(2)3)9-10-25(22)28/h9-10,18-21,23,26,31H,4-8,11-17H2,1-3H3,(H,29,32). The van der Waals surface area contributed by atoms with Crippen molar-refractivity contribution in [1.82, 2.24) is 10.2 Å². The summed E-state index contributed by atoms with van der Waals surface area (Å²) in [5, 5.41) is 12.7. The average molecular weight is 524 g/mol. The van der Waals surface area contributed by atoms with Crippen LogP contribution in [0.25, 0.3) is 0 Å². The number of aliphatic hydroxyl groups excluding tert-OH is 1. The number of nitrogens with zero attached hydrogens (tertiary/aromatic N) is 1. The number of ether oxygens (including phenoxy) is 1. The summed E-state index contributed by atoms with van der Waals surface area (Å²) in [6.07, 6.45) is 9.20. The van der Waals surface area contributed by atoms with Crippen LogP contribution in [0.1, 0.15) is 77.7 Å². The summed E-state index contributed by atoms with van der Waals surface area (Å²) in [6, 6.07) is 6.62. The van der Waals surface area contributed by atoms with E-state index in [-0.39, 0.29) is 18.1 Å². The lowest BCUT2D eigenvalue weighted by molar-refractivity contribution is -0.130. The average Bonchev–Trinajstić information content (AvgIpc) is 2.80. The smallest absolute Gasteiger partial charge is 0.249 e.